The third kappa shape index (κ3) is 5.28. The van der Waals surface area contributed by atoms with Crippen molar-refractivity contribution >= 4 is 5.91 Å². The quantitative estimate of drug-likeness (QED) is 0.826. The van der Waals surface area contributed by atoms with Gasteiger partial charge in [-0.1, -0.05) is 0 Å². The number of alkyl halides is 3. The Morgan fingerprint density at radius 1 is 1.22 bits per heavy atom. The van der Waals surface area contributed by atoms with Gasteiger partial charge in [-0.05, 0) is 30.3 Å². The molecule has 0 aliphatic carbocycles. The third-order valence-electron chi connectivity index (χ3n) is 2.78. The average molecular weight is 331 g/mol. The van der Waals surface area contributed by atoms with Crippen LogP contribution in [-0.2, 0) is 17.5 Å². The molecule has 0 aliphatic heterocycles. The van der Waals surface area contributed by atoms with E-state index in [4.69, 9.17) is 4.74 Å². The molecule has 1 aromatic carbocycles. The first kappa shape index (κ1) is 16.8. The first-order chi connectivity index (χ1) is 10.8. The molecule has 0 atom stereocenters. The zero-order valence-corrected chi connectivity index (χ0v) is 11.8. The second kappa shape index (κ2) is 7.12. The van der Waals surface area contributed by atoms with Crippen LogP contribution < -0.4 is 10.1 Å². The van der Waals surface area contributed by atoms with Gasteiger partial charge in [0.1, 0.15) is 11.6 Å². The van der Waals surface area contributed by atoms with Gasteiger partial charge in [0.15, 0.2) is 12.3 Å². The van der Waals surface area contributed by atoms with E-state index in [9.17, 15) is 22.4 Å². The van der Waals surface area contributed by atoms with Crippen LogP contribution in [-0.4, -0.2) is 28.8 Å². The van der Waals surface area contributed by atoms with Gasteiger partial charge in [-0.2, -0.15) is 18.3 Å². The summed E-state index contributed by atoms with van der Waals surface area (Å²) in [5.74, 6) is -0.528. The van der Waals surface area contributed by atoms with Crippen LogP contribution in [0.4, 0.5) is 17.6 Å². The van der Waals surface area contributed by atoms with Gasteiger partial charge in [-0.25, -0.2) is 4.39 Å². The van der Waals surface area contributed by atoms with E-state index in [1.54, 1.807) is 0 Å². The van der Waals surface area contributed by atoms with Gasteiger partial charge in [0.25, 0.3) is 5.91 Å². The SMILES string of the molecule is O=C(COc1ccc(F)cc1)NCCn1ccc(C(F)(F)F)n1. The summed E-state index contributed by atoms with van der Waals surface area (Å²) in [5.41, 5.74) is -0.983. The van der Waals surface area contributed by atoms with Crippen molar-refractivity contribution < 1.29 is 27.1 Å². The summed E-state index contributed by atoms with van der Waals surface area (Å²) >= 11 is 0. The smallest absolute Gasteiger partial charge is 0.435 e. The molecule has 0 saturated heterocycles. The molecule has 1 amide bonds. The third-order valence-corrected chi connectivity index (χ3v) is 2.78. The molecule has 2 aromatic rings. The molecule has 23 heavy (non-hydrogen) atoms. The van der Waals surface area contributed by atoms with Gasteiger partial charge in [-0.3, -0.25) is 9.48 Å². The molecule has 0 unspecified atom stereocenters. The summed E-state index contributed by atoms with van der Waals surface area (Å²) in [6.07, 6.45) is -3.30. The predicted octanol–water partition coefficient (Wildman–Crippen LogP) is 2.24. The fraction of sp³-hybridized carbons (Fsp3) is 0.286. The van der Waals surface area contributed by atoms with Crippen molar-refractivity contribution in [1.29, 1.82) is 0 Å². The van der Waals surface area contributed by atoms with E-state index in [2.05, 4.69) is 10.4 Å². The minimum atomic E-state index is -4.49. The lowest BCUT2D eigenvalue weighted by Gasteiger charge is -2.07. The molecule has 0 fully saturated rings. The molecule has 2 rings (SSSR count). The number of benzene rings is 1. The maximum Gasteiger partial charge on any atom is 0.435 e. The van der Waals surface area contributed by atoms with Crippen molar-refractivity contribution in [2.75, 3.05) is 13.2 Å². The standard InChI is InChI=1S/C14H13F4N3O2/c15-10-1-3-11(4-2-10)23-9-13(22)19-6-8-21-7-5-12(20-21)14(16,17)18/h1-5,7H,6,8-9H2,(H,19,22). The largest absolute Gasteiger partial charge is 0.484 e. The number of rotatable bonds is 6. The molecule has 5 nitrogen and oxygen atoms in total. The van der Waals surface area contributed by atoms with Crippen LogP contribution in [0.5, 0.6) is 5.75 Å². The Hall–Kier alpha value is -2.58. The number of nitrogens with zero attached hydrogens (tertiary/aromatic N) is 2. The van der Waals surface area contributed by atoms with Gasteiger partial charge in [-0.15, -0.1) is 0 Å². The summed E-state index contributed by atoms with van der Waals surface area (Å²) in [7, 11) is 0. The number of carbonyl (C=O) groups is 1. The first-order valence-corrected chi connectivity index (χ1v) is 6.60. The van der Waals surface area contributed by atoms with Crippen LogP contribution >= 0.6 is 0 Å². The zero-order chi connectivity index (χ0) is 16.9. The zero-order valence-electron chi connectivity index (χ0n) is 11.8. The van der Waals surface area contributed by atoms with Crippen LogP contribution in [0.25, 0.3) is 0 Å². The minimum absolute atomic E-state index is 0.0956. The Kier molecular flexibility index (Phi) is 5.20. The Morgan fingerprint density at radius 2 is 1.91 bits per heavy atom. The molecule has 0 radical (unpaired) electrons. The number of halogens is 4. The van der Waals surface area contributed by atoms with Crippen molar-refractivity contribution in [2.45, 2.75) is 12.7 Å². The van der Waals surface area contributed by atoms with E-state index in [1.807, 2.05) is 0 Å². The van der Waals surface area contributed by atoms with Gasteiger partial charge in [0.2, 0.25) is 0 Å². The molecule has 1 aromatic heterocycles. The fourth-order valence-corrected chi connectivity index (χ4v) is 1.68. The van der Waals surface area contributed by atoms with Gasteiger partial charge < -0.3 is 10.1 Å². The fourth-order valence-electron chi connectivity index (χ4n) is 1.68. The molecule has 0 spiro atoms. The van der Waals surface area contributed by atoms with Crippen molar-refractivity contribution in [3.8, 4) is 5.75 Å². The molecule has 1 N–H and O–H groups in total. The number of hydrogen-bond acceptors (Lipinski definition) is 3. The normalized spacial score (nSPS) is 11.3. The Morgan fingerprint density at radius 3 is 2.52 bits per heavy atom. The number of nitrogens with one attached hydrogen (secondary N) is 1. The molecular weight excluding hydrogens is 318 g/mol. The van der Waals surface area contributed by atoms with Crippen LogP contribution in [0, 0.1) is 5.82 Å². The van der Waals surface area contributed by atoms with E-state index in [1.165, 1.54) is 30.5 Å². The Bertz CT molecular complexity index is 653. The summed E-state index contributed by atoms with van der Waals surface area (Å²) in [6.45, 7) is -0.0818. The predicted molar refractivity (Wildman–Crippen MR) is 72.1 cm³/mol. The monoisotopic (exact) mass is 331 g/mol. The molecule has 124 valence electrons. The molecule has 0 saturated carbocycles. The van der Waals surface area contributed by atoms with Gasteiger partial charge >= 0.3 is 6.18 Å². The minimum Gasteiger partial charge on any atom is -0.484 e. The lowest BCUT2D eigenvalue weighted by Crippen LogP contribution is -2.31. The maximum atomic E-state index is 12.7. The number of aromatic nitrogens is 2. The summed E-state index contributed by atoms with van der Waals surface area (Å²) in [6, 6.07) is 6.02. The van der Waals surface area contributed by atoms with Gasteiger partial charge in [0, 0.05) is 12.7 Å². The molecule has 9 heteroatoms. The molecular formula is C14H13F4N3O2. The number of hydrogen-bond donors (Lipinski definition) is 1. The summed E-state index contributed by atoms with van der Waals surface area (Å²) in [4.78, 5) is 11.5. The van der Waals surface area contributed by atoms with Crippen LogP contribution in [0.2, 0.25) is 0 Å². The maximum absolute atomic E-state index is 12.7. The van der Waals surface area contributed by atoms with Crippen LogP contribution in [0.1, 0.15) is 5.69 Å². The van der Waals surface area contributed by atoms with Crippen molar-refractivity contribution in [3.05, 3.63) is 48.0 Å². The highest BCUT2D eigenvalue weighted by Crippen LogP contribution is 2.27. The van der Waals surface area contributed by atoms with E-state index >= 15 is 0 Å². The van der Waals surface area contributed by atoms with E-state index in [-0.39, 0.29) is 19.7 Å². The van der Waals surface area contributed by atoms with E-state index in [0.717, 1.165) is 10.7 Å². The van der Waals surface area contributed by atoms with Gasteiger partial charge in [0.05, 0.1) is 6.54 Å². The highest BCUT2D eigenvalue weighted by atomic mass is 19.4. The highest BCUT2D eigenvalue weighted by Gasteiger charge is 2.33. The summed E-state index contributed by atoms with van der Waals surface area (Å²) < 4.78 is 55.9. The molecule has 0 bridgehead atoms. The lowest BCUT2D eigenvalue weighted by atomic mass is 10.3. The van der Waals surface area contributed by atoms with Crippen molar-refractivity contribution in [3.63, 3.8) is 0 Å². The first-order valence-electron chi connectivity index (χ1n) is 6.60. The lowest BCUT2D eigenvalue weighted by molar-refractivity contribution is -0.141. The summed E-state index contributed by atoms with van der Waals surface area (Å²) in [5, 5.41) is 5.83. The van der Waals surface area contributed by atoms with E-state index < -0.39 is 23.6 Å². The molecule has 0 aliphatic rings. The number of carbonyl (C=O) groups excluding carboxylic acids is 1. The van der Waals surface area contributed by atoms with Crippen LogP contribution in [0.15, 0.2) is 36.5 Å². The highest BCUT2D eigenvalue weighted by molar-refractivity contribution is 5.77. The van der Waals surface area contributed by atoms with Crippen molar-refractivity contribution in [2.24, 2.45) is 0 Å². The Labute approximate surface area is 128 Å². The second-order valence-electron chi connectivity index (χ2n) is 4.55. The second-order valence-corrected chi connectivity index (χ2v) is 4.55. The van der Waals surface area contributed by atoms with Crippen LogP contribution in [0.3, 0.4) is 0 Å². The number of amides is 1. The van der Waals surface area contributed by atoms with Crippen molar-refractivity contribution in [1.82, 2.24) is 15.1 Å². The van der Waals surface area contributed by atoms with E-state index in [0.29, 0.717) is 5.75 Å². The topological polar surface area (TPSA) is 56.1 Å². The average Bonchev–Trinajstić information content (AvgIpc) is 2.96. The molecule has 1 heterocycles. The number of ether oxygens (including phenoxy) is 1. The Balaban J connectivity index is 1.70.